The highest BCUT2D eigenvalue weighted by Crippen LogP contribution is 2.38. The van der Waals surface area contributed by atoms with Crippen LogP contribution in [0.1, 0.15) is 12.0 Å². The first kappa shape index (κ1) is 10.7. The third-order valence-electron chi connectivity index (χ3n) is 3.45. The molecule has 1 spiro atoms. The fourth-order valence-electron chi connectivity index (χ4n) is 2.26. The molecule has 1 aromatic heterocycles. The van der Waals surface area contributed by atoms with Gasteiger partial charge in [-0.2, -0.15) is 11.3 Å². The van der Waals surface area contributed by atoms with E-state index in [1.807, 2.05) is 15.7 Å². The van der Waals surface area contributed by atoms with Crippen molar-refractivity contribution in [1.82, 2.24) is 4.90 Å². The molecule has 2 aliphatic rings. The lowest BCUT2D eigenvalue weighted by atomic mass is 9.82. The van der Waals surface area contributed by atoms with E-state index in [2.05, 4.69) is 15.9 Å². The molecular weight excluding hydrogens is 290 g/mol. The van der Waals surface area contributed by atoms with Crippen molar-refractivity contribution in [3.63, 3.8) is 0 Å². The summed E-state index contributed by atoms with van der Waals surface area (Å²) >= 11 is 5.08. The smallest absolute Gasteiger partial charge is 0.227 e. The molecule has 3 nitrogen and oxygen atoms in total. The van der Waals surface area contributed by atoms with Gasteiger partial charge < -0.3 is 9.64 Å². The van der Waals surface area contributed by atoms with E-state index in [1.54, 1.807) is 11.3 Å². The van der Waals surface area contributed by atoms with E-state index < -0.39 is 0 Å². The Labute approximate surface area is 107 Å². The molecule has 16 heavy (non-hydrogen) atoms. The molecule has 2 saturated heterocycles. The molecule has 86 valence electrons. The number of nitrogens with zero attached hydrogens (tertiary/aromatic N) is 1. The second-order valence-corrected chi connectivity index (χ2v) is 6.03. The van der Waals surface area contributed by atoms with Crippen LogP contribution in [-0.4, -0.2) is 36.1 Å². The summed E-state index contributed by atoms with van der Waals surface area (Å²) < 4.78 is 6.26. The van der Waals surface area contributed by atoms with Crippen molar-refractivity contribution in [3.8, 4) is 0 Å². The molecule has 0 atom stereocenters. The maximum Gasteiger partial charge on any atom is 0.227 e. The Morgan fingerprint density at radius 2 is 2.38 bits per heavy atom. The average Bonchev–Trinajstić information content (AvgIpc) is 2.47. The molecule has 0 aromatic carbocycles. The standard InChI is InChI=1S/C11H12BrNO2S/c12-9-5-16-4-8(9)3-10(14)13-2-1-11(13)6-15-7-11/h4-5H,1-3,6-7H2. The minimum Gasteiger partial charge on any atom is -0.376 e. The summed E-state index contributed by atoms with van der Waals surface area (Å²) in [5, 5.41) is 4.05. The highest BCUT2D eigenvalue weighted by molar-refractivity contribution is 9.10. The Balaban J connectivity index is 1.68. The van der Waals surface area contributed by atoms with E-state index in [4.69, 9.17) is 4.74 Å². The number of hydrogen-bond donors (Lipinski definition) is 0. The van der Waals surface area contributed by atoms with Crippen LogP contribution in [0.25, 0.3) is 0 Å². The number of carbonyl (C=O) groups is 1. The van der Waals surface area contributed by atoms with Gasteiger partial charge in [-0.25, -0.2) is 0 Å². The van der Waals surface area contributed by atoms with E-state index in [0.29, 0.717) is 6.42 Å². The number of carbonyl (C=O) groups excluding carboxylic acids is 1. The third-order valence-corrected chi connectivity index (χ3v) is 5.28. The fraction of sp³-hybridized carbons (Fsp3) is 0.545. The summed E-state index contributed by atoms with van der Waals surface area (Å²) in [4.78, 5) is 14.1. The van der Waals surface area contributed by atoms with E-state index in [-0.39, 0.29) is 11.4 Å². The van der Waals surface area contributed by atoms with Gasteiger partial charge in [0.05, 0.1) is 25.2 Å². The van der Waals surface area contributed by atoms with Crippen molar-refractivity contribution in [2.75, 3.05) is 19.8 Å². The number of rotatable bonds is 2. The van der Waals surface area contributed by atoms with Gasteiger partial charge in [0, 0.05) is 16.4 Å². The van der Waals surface area contributed by atoms with Crippen LogP contribution in [0.5, 0.6) is 0 Å². The normalized spacial score (nSPS) is 21.7. The van der Waals surface area contributed by atoms with Gasteiger partial charge in [-0.05, 0) is 33.3 Å². The molecule has 0 aliphatic carbocycles. The van der Waals surface area contributed by atoms with E-state index in [0.717, 1.165) is 36.2 Å². The van der Waals surface area contributed by atoms with Gasteiger partial charge in [0.2, 0.25) is 5.91 Å². The zero-order chi connectivity index (χ0) is 11.2. The van der Waals surface area contributed by atoms with Crippen molar-refractivity contribution in [1.29, 1.82) is 0 Å². The van der Waals surface area contributed by atoms with Crippen molar-refractivity contribution in [2.24, 2.45) is 0 Å². The molecule has 3 rings (SSSR count). The highest BCUT2D eigenvalue weighted by atomic mass is 79.9. The summed E-state index contributed by atoms with van der Waals surface area (Å²) in [6.45, 7) is 2.34. The summed E-state index contributed by atoms with van der Waals surface area (Å²) in [7, 11) is 0. The highest BCUT2D eigenvalue weighted by Gasteiger charge is 2.52. The van der Waals surface area contributed by atoms with Crippen molar-refractivity contribution >= 4 is 33.2 Å². The SMILES string of the molecule is O=C(Cc1cscc1Br)N1CCC12COC2. The number of ether oxygens (including phenoxy) is 1. The van der Waals surface area contributed by atoms with E-state index >= 15 is 0 Å². The van der Waals surface area contributed by atoms with Crippen LogP contribution in [0.2, 0.25) is 0 Å². The Bertz CT molecular complexity index is 422. The molecule has 1 aromatic rings. The Morgan fingerprint density at radius 1 is 1.56 bits per heavy atom. The third kappa shape index (κ3) is 1.53. The molecule has 2 aliphatic heterocycles. The lowest BCUT2D eigenvalue weighted by molar-refractivity contribution is -0.199. The van der Waals surface area contributed by atoms with Gasteiger partial charge in [-0.3, -0.25) is 4.79 Å². The minimum absolute atomic E-state index is 0.0690. The topological polar surface area (TPSA) is 29.5 Å². The van der Waals surface area contributed by atoms with Crippen molar-refractivity contribution < 1.29 is 9.53 Å². The first-order chi connectivity index (χ1) is 7.71. The molecule has 0 bridgehead atoms. The van der Waals surface area contributed by atoms with Crippen LogP contribution in [-0.2, 0) is 16.0 Å². The van der Waals surface area contributed by atoms with Crippen LogP contribution >= 0.6 is 27.3 Å². The zero-order valence-electron chi connectivity index (χ0n) is 8.74. The van der Waals surface area contributed by atoms with Gasteiger partial charge in [-0.15, -0.1) is 0 Å². The van der Waals surface area contributed by atoms with Gasteiger partial charge in [-0.1, -0.05) is 0 Å². The summed E-state index contributed by atoms with van der Waals surface area (Å²) in [6.07, 6.45) is 1.61. The monoisotopic (exact) mass is 301 g/mol. The first-order valence-corrected chi connectivity index (χ1v) is 7.04. The second-order valence-electron chi connectivity index (χ2n) is 4.43. The van der Waals surface area contributed by atoms with Crippen molar-refractivity contribution in [2.45, 2.75) is 18.4 Å². The Hall–Kier alpha value is -0.390. The van der Waals surface area contributed by atoms with Gasteiger partial charge in [0.1, 0.15) is 0 Å². The number of amides is 1. The maximum atomic E-state index is 12.1. The molecule has 0 saturated carbocycles. The van der Waals surface area contributed by atoms with Crippen LogP contribution < -0.4 is 0 Å². The number of thiophene rings is 1. The first-order valence-electron chi connectivity index (χ1n) is 5.30. The van der Waals surface area contributed by atoms with Crippen molar-refractivity contribution in [3.05, 3.63) is 20.8 Å². The molecule has 0 unspecified atom stereocenters. The number of hydrogen-bond acceptors (Lipinski definition) is 3. The molecule has 1 amide bonds. The summed E-state index contributed by atoms with van der Waals surface area (Å²) in [6, 6.07) is 0. The van der Waals surface area contributed by atoms with E-state index in [9.17, 15) is 4.79 Å². The Morgan fingerprint density at radius 3 is 2.81 bits per heavy atom. The predicted molar refractivity (Wildman–Crippen MR) is 65.6 cm³/mol. The van der Waals surface area contributed by atoms with Crippen LogP contribution in [0.3, 0.4) is 0 Å². The maximum absolute atomic E-state index is 12.1. The summed E-state index contributed by atoms with van der Waals surface area (Å²) in [5.41, 5.74) is 1.16. The molecule has 3 heterocycles. The number of halogens is 1. The predicted octanol–water partition coefficient (Wildman–Crippen LogP) is 2.05. The minimum atomic E-state index is 0.0690. The molecule has 0 radical (unpaired) electrons. The lowest BCUT2D eigenvalue weighted by Crippen LogP contribution is -2.72. The summed E-state index contributed by atoms with van der Waals surface area (Å²) in [5.74, 6) is 0.230. The Kier molecular flexibility index (Phi) is 2.57. The average molecular weight is 302 g/mol. The zero-order valence-corrected chi connectivity index (χ0v) is 11.1. The van der Waals surface area contributed by atoms with Gasteiger partial charge in [0.15, 0.2) is 0 Å². The lowest BCUT2D eigenvalue weighted by Gasteiger charge is -2.57. The largest absolute Gasteiger partial charge is 0.376 e. The van der Waals surface area contributed by atoms with E-state index in [1.165, 1.54) is 0 Å². The molecule has 0 N–H and O–H groups in total. The van der Waals surface area contributed by atoms with Crippen LogP contribution in [0, 0.1) is 0 Å². The van der Waals surface area contributed by atoms with Gasteiger partial charge in [0.25, 0.3) is 0 Å². The molecular formula is C11H12BrNO2S. The fourth-order valence-corrected chi connectivity index (χ4v) is 3.70. The second kappa shape index (κ2) is 3.82. The number of likely N-dealkylation sites (tertiary alicyclic amines) is 1. The molecule has 5 heteroatoms. The van der Waals surface area contributed by atoms with Crippen LogP contribution in [0.15, 0.2) is 15.2 Å². The van der Waals surface area contributed by atoms with Gasteiger partial charge >= 0.3 is 0 Å². The van der Waals surface area contributed by atoms with Crippen LogP contribution in [0.4, 0.5) is 0 Å². The molecule has 2 fully saturated rings. The quantitative estimate of drug-likeness (QED) is 0.837.